The molecular formula is C26H21ClN2O4S. The number of aryl methyl sites for hydroxylation is 1. The fourth-order valence-electron chi connectivity index (χ4n) is 3.39. The molecule has 0 amide bonds. The topological polar surface area (TPSA) is 76.0 Å². The summed E-state index contributed by atoms with van der Waals surface area (Å²) in [5.74, 6) is -0.583. The lowest BCUT2D eigenvalue weighted by Gasteiger charge is -2.25. The van der Waals surface area contributed by atoms with Crippen LogP contribution < -0.4 is 4.31 Å². The molecule has 34 heavy (non-hydrogen) atoms. The van der Waals surface area contributed by atoms with Crippen LogP contribution in [-0.4, -0.2) is 26.8 Å². The third-order valence-corrected chi connectivity index (χ3v) is 7.15. The highest BCUT2D eigenvalue weighted by Gasteiger charge is 2.31. The van der Waals surface area contributed by atoms with Crippen LogP contribution in [0.25, 0.3) is 6.08 Å². The SMILES string of the molecule is C=CCN(c1ccccc1C1=NC(=Cc2ccc(C)cc2)C(=O)O1)S(=O)(=O)c1ccc(Cl)cc1. The van der Waals surface area contributed by atoms with E-state index in [-0.39, 0.29) is 23.0 Å². The van der Waals surface area contributed by atoms with Gasteiger partial charge in [-0.05, 0) is 55.0 Å². The molecule has 172 valence electrons. The van der Waals surface area contributed by atoms with Crippen molar-refractivity contribution in [3.63, 3.8) is 0 Å². The molecular weight excluding hydrogens is 472 g/mol. The molecule has 6 nitrogen and oxygen atoms in total. The second kappa shape index (κ2) is 9.67. The average molecular weight is 493 g/mol. The number of anilines is 1. The fraction of sp³-hybridized carbons (Fsp3) is 0.0769. The molecule has 0 spiro atoms. The monoisotopic (exact) mass is 492 g/mol. The Morgan fingerprint density at radius 2 is 1.71 bits per heavy atom. The molecule has 0 bridgehead atoms. The molecule has 0 unspecified atom stereocenters. The van der Waals surface area contributed by atoms with Gasteiger partial charge in [-0.3, -0.25) is 4.31 Å². The molecule has 3 aromatic carbocycles. The van der Waals surface area contributed by atoms with Crippen LogP contribution in [-0.2, 0) is 19.6 Å². The third-order valence-electron chi connectivity index (χ3n) is 5.10. The van der Waals surface area contributed by atoms with E-state index >= 15 is 0 Å². The van der Waals surface area contributed by atoms with Gasteiger partial charge in [0, 0.05) is 5.02 Å². The first kappa shape index (κ1) is 23.5. The van der Waals surface area contributed by atoms with Crippen molar-refractivity contribution in [2.45, 2.75) is 11.8 Å². The molecule has 1 aliphatic rings. The zero-order chi connectivity index (χ0) is 24.3. The number of hydrogen-bond donors (Lipinski definition) is 0. The van der Waals surface area contributed by atoms with Crippen molar-refractivity contribution in [1.82, 2.24) is 0 Å². The van der Waals surface area contributed by atoms with E-state index in [0.717, 1.165) is 11.1 Å². The van der Waals surface area contributed by atoms with Gasteiger partial charge >= 0.3 is 5.97 Å². The van der Waals surface area contributed by atoms with E-state index in [1.165, 1.54) is 34.6 Å². The van der Waals surface area contributed by atoms with Crippen molar-refractivity contribution in [2.75, 3.05) is 10.8 Å². The largest absolute Gasteiger partial charge is 0.402 e. The first-order valence-electron chi connectivity index (χ1n) is 10.4. The molecule has 0 N–H and O–H groups in total. The molecule has 0 radical (unpaired) electrons. The Labute approximate surface area is 203 Å². The number of para-hydroxylation sites is 1. The van der Waals surface area contributed by atoms with Crippen molar-refractivity contribution in [3.8, 4) is 0 Å². The number of halogens is 1. The zero-order valence-corrected chi connectivity index (χ0v) is 19.9. The summed E-state index contributed by atoms with van der Waals surface area (Å²) in [6.45, 7) is 5.67. The number of hydrogen-bond acceptors (Lipinski definition) is 5. The number of carbonyl (C=O) groups is 1. The molecule has 0 saturated heterocycles. The highest BCUT2D eigenvalue weighted by Crippen LogP contribution is 2.30. The number of cyclic esters (lactones) is 1. The summed E-state index contributed by atoms with van der Waals surface area (Å²) < 4.78 is 33.6. The average Bonchev–Trinajstić information content (AvgIpc) is 3.19. The maximum Gasteiger partial charge on any atom is 0.363 e. The second-order valence-electron chi connectivity index (χ2n) is 7.54. The molecule has 4 rings (SSSR count). The molecule has 0 atom stereocenters. The number of esters is 1. The van der Waals surface area contributed by atoms with Gasteiger partial charge in [0.25, 0.3) is 10.0 Å². The van der Waals surface area contributed by atoms with Crippen LogP contribution >= 0.6 is 11.6 Å². The summed E-state index contributed by atoms with van der Waals surface area (Å²) >= 11 is 5.93. The number of nitrogens with zero attached hydrogens (tertiary/aromatic N) is 2. The predicted molar refractivity (Wildman–Crippen MR) is 134 cm³/mol. The van der Waals surface area contributed by atoms with Gasteiger partial charge in [-0.25, -0.2) is 18.2 Å². The molecule has 0 aromatic heterocycles. The number of rotatable bonds is 7. The normalized spacial score (nSPS) is 14.6. The summed E-state index contributed by atoms with van der Waals surface area (Å²) in [4.78, 5) is 17.0. The smallest absolute Gasteiger partial charge is 0.363 e. The van der Waals surface area contributed by atoms with Gasteiger partial charge in [-0.2, -0.15) is 0 Å². The molecule has 1 heterocycles. The maximum atomic E-state index is 13.5. The summed E-state index contributed by atoms with van der Waals surface area (Å²) in [5.41, 5.74) is 2.69. The molecule has 8 heteroatoms. The van der Waals surface area contributed by atoms with Crippen LogP contribution in [0.2, 0.25) is 5.02 Å². The van der Waals surface area contributed by atoms with Crippen molar-refractivity contribution < 1.29 is 17.9 Å². The zero-order valence-electron chi connectivity index (χ0n) is 18.3. The molecule has 0 fully saturated rings. The molecule has 0 saturated carbocycles. The molecule has 0 aliphatic carbocycles. The highest BCUT2D eigenvalue weighted by molar-refractivity contribution is 7.92. The Hall–Kier alpha value is -3.68. The molecule has 3 aromatic rings. The summed E-state index contributed by atoms with van der Waals surface area (Å²) in [6.07, 6.45) is 3.11. The number of ether oxygens (including phenoxy) is 1. The van der Waals surface area contributed by atoms with Crippen LogP contribution in [0.4, 0.5) is 5.69 Å². The Morgan fingerprint density at radius 1 is 1.03 bits per heavy atom. The fourth-order valence-corrected chi connectivity index (χ4v) is 4.97. The van der Waals surface area contributed by atoms with Gasteiger partial charge in [0.05, 0.1) is 22.7 Å². The third kappa shape index (κ3) is 4.81. The van der Waals surface area contributed by atoms with Crippen molar-refractivity contribution in [3.05, 3.63) is 113 Å². The van der Waals surface area contributed by atoms with Gasteiger partial charge in [0.2, 0.25) is 5.90 Å². The van der Waals surface area contributed by atoms with Crippen LogP contribution in [0.5, 0.6) is 0 Å². The highest BCUT2D eigenvalue weighted by atomic mass is 35.5. The number of aliphatic imine (C=N–C) groups is 1. The Balaban J connectivity index is 1.77. The standard InChI is InChI=1S/C26H21ClN2O4S/c1-3-16-29(34(31,32)21-14-12-20(27)13-15-21)24-7-5-4-6-22(24)25-28-23(26(30)33-25)17-19-10-8-18(2)9-11-19/h3-15,17H,1,16H2,2H3. The van der Waals surface area contributed by atoms with E-state index in [1.807, 2.05) is 31.2 Å². The number of benzene rings is 3. The van der Waals surface area contributed by atoms with E-state index in [1.54, 1.807) is 30.3 Å². The van der Waals surface area contributed by atoms with Gasteiger partial charge in [0.1, 0.15) is 0 Å². The maximum absolute atomic E-state index is 13.5. The van der Waals surface area contributed by atoms with E-state index in [4.69, 9.17) is 16.3 Å². The minimum Gasteiger partial charge on any atom is -0.402 e. The van der Waals surface area contributed by atoms with Crippen LogP contribution in [0.15, 0.2) is 101 Å². The van der Waals surface area contributed by atoms with Crippen molar-refractivity contribution in [1.29, 1.82) is 0 Å². The van der Waals surface area contributed by atoms with Gasteiger partial charge in [0.15, 0.2) is 5.70 Å². The minimum absolute atomic E-state index is 0.00470. The van der Waals surface area contributed by atoms with E-state index in [9.17, 15) is 13.2 Å². The van der Waals surface area contributed by atoms with E-state index < -0.39 is 16.0 Å². The molecule has 1 aliphatic heterocycles. The predicted octanol–water partition coefficient (Wildman–Crippen LogP) is 5.37. The minimum atomic E-state index is -3.97. The van der Waals surface area contributed by atoms with E-state index in [2.05, 4.69) is 11.6 Å². The number of carbonyl (C=O) groups excluding carboxylic acids is 1. The van der Waals surface area contributed by atoms with Gasteiger partial charge in [-0.1, -0.05) is 59.6 Å². The Bertz CT molecular complexity index is 1410. The summed E-state index contributed by atoms with van der Waals surface area (Å²) in [6, 6.07) is 20.2. The van der Waals surface area contributed by atoms with Crippen LogP contribution in [0.1, 0.15) is 16.7 Å². The van der Waals surface area contributed by atoms with E-state index in [0.29, 0.717) is 16.3 Å². The first-order chi connectivity index (χ1) is 16.3. The van der Waals surface area contributed by atoms with Crippen molar-refractivity contribution in [2.24, 2.45) is 4.99 Å². The van der Waals surface area contributed by atoms with Crippen LogP contribution in [0.3, 0.4) is 0 Å². The second-order valence-corrected chi connectivity index (χ2v) is 9.84. The quantitative estimate of drug-likeness (QED) is 0.252. The first-order valence-corrected chi connectivity index (χ1v) is 12.2. The van der Waals surface area contributed by atoms with Gasteiger partial charge < -0.3 is 4.74 Å². The Morgan fingerprint density at radius 3 is 2.38 bits per heavy atom. The lowest BCUT2D eigenvalue weighted by Crippen LogP contribution is -2.32. The van der Waals surface area contributed by atoms with Gasteiger partial charge in [-0.15, -0.1) is 6.58 Å². The van der Waals surface area contributed by atoms with Crippen LogP contribution in [0, 0.1) is 6.92 Å². The lowest BCUT2D eigenvalue weighted by molar-refractivity contribution is -0.129. The Kier molecular flexibility index (Phi) is 6.68. The summed E-state index contributed by atoms with van der Waals surface area (Å²) in [5, 5.41) is 0.426. The lowest BCUT2D eigenvalue weighted by atomic mass is 10.1. The summed E-state index contributed by atoms with van der Waals surface area (Å²) in [7, 11) is -3.97. The number of sulfonamides is 1. The van der Waals surface area contributed by atoms with Crippen molar-refractivity contribution >= 4 is 45.3 Å².